The Morgan fingerprint density at radius 3 is 2.70 bits per heavy atom. The van der Waals surface area contributed by atoms with Crippen LogP contribution in [0, 0.1) is 19.8 Å². The van der Waals surface area contributed by atoms with Crippen LogP contribution in [0.3, 0.4) is 0 Å². The average molecular weight is 275 g/mol. The molecule has 0 aromatic heterocycles. The van der Waals surface area contributed by atoms with Gasteiger partial charge in [-0.3, -0.25) is 9.69 Å². The molecule has 1 aromatic rings. The van der Waals surface area contributed by atoms with E-state index in [-0.39, 0.29) is 11.9 Å². The number of carbonyl (C=O) groups is 1. The molecule has 1 aromatic carbocycles. The Morgan fingerprint density at radius 2 is 2.05 bits per heavy atom. The first kappa shape index (κ1) is 15.0. The molecule has 0 saturated carbocycles. The maximum absolute atomic E-state index is 11.9. The molecule has 0 amide bonds. The lowest BCUT2D eigenvalue weighted by Crippen LogP contribution is -2.39. The summed E-state index contributed by atoms with van der Waals surface area (Å²) in [5.41, 5.74) is 4.07. The van der Waals surface area contributed by atoms with Gasteiger partial charge in [0.1, 0.15) is 0 Å². The topological polar surface area (TPSA) is 29.5 Å². The fraction of sp³-hybridized carbons (Fsp3) is 0.588. The third-order valence-electron chi connectivity index (χ3n) is 4.15. The van der Waals surface area contributed by atoms with Crippen LogP contribution in [0.15, 0.2) is 18.2 Å². The monoisotopic (exact) mass is 275 g/mol. The van der Waals surface area contributed by atoms with Crippen molar-refractivity contribution in [2.75, 3.05) is 19.7 Å². The Hall–Kier alpha value is -1.35. The second-order valence-electron chi connectivity index (χ2n) is 5.70. The lowest BCUT2D eigenvalue weighted by molar-refractivity contribution is -0.150. The molecule has 3 heteroatoms. The molecule has 0 N–H and O–H groups in total. The van der Waals surface area contributed by atoms with Gasteiger partial charge in [-0.15, -0.1) is 0 Å². The predicted octanol–water partition coefficient (Wildman–Crippen LogP) is 3.08. The van der Waals surface area contributed by atoms with E-state index < -0.39 is 0 Å². The molecule has 20 heavy (non-hydrogen) atoms. The normalized spacial score (nSPS) is 19.9. The van der Waals surface area contributed by atoms with Gasteiger partial charge in [0.25, 0.3) is 0 Å². The Morgan fingerprint density at radius 1 is 1.35 bits per heavy atom. The number of nitrogens with zero attached hydrogens (tertiary/aromatic N) is 1. The molecular weight excluding hydrogens is 250 g/mol. The van der Waals surface area contributed by atoms with E-state index in [2.05, 4.69) is 36.9 Å². The summed E-state index contributed by atoms with van der Waals surface area (Å²) in [6.07, 6.45) is 2.04. The van der Waals surface area contributed by atoms with Crippen LogP contribution in [0.25, 0.3) is 0 Å². The standard InChI is InChI=1S/C17H25NO2/c1-4-20-17(19)15-9-6-10-18(11-15)12-16-13(2)7-5-8-14(16)3/h5,7-8,15H,4,6,9-12H2,1-3H3/t15-/m0/s1. The highest BCUT2D eigenvalue weighted by molar-refractivity contribution is 5.72. The minimum absolute atomic E-state index is 0.0290. The highest BCUT2D eigenvalue weighted by atomic mass is 16.5. The van der Waals surface area contributed by atoms with Crippen LogP contribution in [0.4, 0.5) is 0 Å². The smallest absolute Gasteiger partial charge is 0.310 e. The van der Waals surface area contributed by atoms with Crippen LogP contribution < -0.4 is 0 Å². The fourth-order valence-electron chi connectivity index (χ4n) is 2.97. The third kappa shape index (κ3) is 3.60. The minimum Gasteiger partial charge on any atom is -0.466 e. The Bertz CT molecular complexity index is 450. The van der Waals surface area contributed by atoms with Crippen LogP contribution in [0.2, 0.25) is 0 Å². The van der Waals surface area contributed by atoms with E-state index in [1.807, 2.05) is 6.92 Å². The summed E-state index contributed by atoms with van der Waals surface area (Å²) < 4.78 is 5.16. The number of carbonyl (C=O) groups excluding carboxylic acids is 1. The molecule has 3 nitrogen and oxygen atoms in total. The van der Waals surface area contributed by atoms with Crippen molar-refractivity contribution in [3.63, 3.8) is 0 Å². The second kappa shape index (κ2) is 6.89. The molecule has 1 fully saturated rings. The maximum atomic E-state index is 11.9. The first-order valence-electron chi connectivity index (χ1n) is 7.56. The highest BCUT2D eigenvalue weighted by Crippen LogP contribution is 2.22. The van der Waals surface area contributed by atoms with Gasteiger partial charge in [-0.25, -0.2) is 0 Å². The van der Waals surface area contributed by atoms with Gasteiger partial charge in [0.05, 0.1) is 12.5 Å². The molecular formula is C17H25NO2. The summed E-state index contributed by atoms with van der Waals surface area (Å²) in [4.78, 5) is 14.3. The molecule has 0 bridgehead atoms. The predicted molar refractivity (Wildman–Crippen MR) is 80.6 cm³/mol. The van der Waals surface area contributed by atoms with E-state index >= 15 is 0 Å². The van der Waals surface area contributed by atoms with Crippen molar-refractivity contribution >= 4 is 5.97 Å². The van der Waals surface area contributed by atoms with Gasteiger partial charge in [-0.1, -0.05) is 18.2 Å². The van der Waals surface area contributed by atoms with E-state index in [4.69, 9.17) is 4.74 Å². The largest absolute Gasteiger partial charge is 0.466 e. The van der Waals surface area contributed by atoms with Crippen molar-refractivity contribution in [3.8, 4) is 0 Å². The zero-order valence-corrected chi connectivity index (χ0v) is 12.8. The molecule has 2 rings (SSSR count). The summed E-state index contributed by atoms with van der Waals surface area (Å²) in [7, 11) is 0. The maximum Gasteiger partial charge on any atom is 0.310 e. The Labute approximate surface area is 121 Å². The number of likely N-dealkylation sites (tertiary alicyclic amines) is 1. The van der Waals surface area contributed by atoms with Gasteiger partial charge in [0.15, 0.2) is 0 Å². The van der Waals surface area contributed by atoms with Crippen molar-refractivity contribution < 1.29 is 9.53 Å². The molecule has 0 aliphatic carbocycles. The fourth-order valence-corrected chi connectivity index (χ4v) is 2.97. The first-order valence-corrected chi connectivity index (χ1v) is 7.56. The summed E-state index contributed by atoms with van der Waals surface area (Å²) in [5.74, 6) is 0.0201. The van der Waals surface area contributed by atoms with E-state index in [9.17, 15) is 4.79 Å². The van der Waals surface area contributed by atoms with Gasteiger partial charge in [0.2, 0.25) is 0 Å². The number of hydrogen-bond acceptors (Lipinski definition) is 3. The number of esters is 1. The summed E-state index contributed by atoms with van der Waals surface area (Å²) >= 11 is 0. The third-order valence-corrected chi connectivity index (χ3v) is 4.15. The quantitative estimate of drug-likeness (QED) is 0.791. The van der Waals surface area contributed by atoms with Crippen molar-refractivity contribution in [1.29, 1.82) is 0 Å². The number of aryl methyl sites for hydroxylation is 2. The number of ether oxygens (including phenoxy) is 1. The average Bonchev–Trinajstić information content (AvgIpc) is 2.44. The number of rotatable bonds is 4. The van der Waals surface area contributed by atoms with Crippen molar-refractivity contribution in [1.82, 2.24) is 4.90 Å². The molecule has 0 spiro atoms. The highest BCUT2D eigenvalue weighted by Gasteiger charge is 2.27. The van der Waals surface area contributed by atoms with Gasteiger partial charge in [-0.05, 0) is 56.8 Å². The first-order chi connectivity index (χ1) is 9.61. The van der Waals surface area contributed by atoms with E-state index in [0.717, 1.165) is 32.5 Å². The molecule has 1 saturated heterocycles. The van der Waals surface area contributed by atoms with Crippen LogP contribution in [-0.2, 0) is 16.1 Å². The van der Waals surface area contributed by atoms with Crippen molar-refractivity contribution in [2.45, 2.75) is 40.2 Å². The molecule has 0 radical (unpaired) electrons. The Balaban J connectivity index is 2.01. The number of hydrogen-bond donors (Lipinski definition) is 0. The second-order valence-corrected chi connectivity index (χ2v) is 5.70. The zero-order valence-electron chi connectivity index (χ0n) is 12.8. The molecule has 1 heterocycles. The summed E-state index contributed by atoms with van der Waals surface area (Å²) in [6.45, 7) is 9.51. The lowest BCUT2D eigenvalue weighted by Gasteiger charge is -2.32. The zero-order chi connectivity index (χ0) is 14.5. The van der Waals surface area contributed by atoms with E-state index in [1.165, 1.54) is 16.7 Å². The van der Waals surface area contributed by atoms with Crippen LogP contribution in [0.1, 0.15) is 36.5 Å². The Kier molecular flexibility index (Phi) is 5.18. The molecule has 0 unspecified atom stereocenters. The van der Waals surface area contributed by atoms with E-state index in [1.54, 1.807) is 0 Å². The minimum atomic E-state index is -0.0290. The van der Waals surface area contributed by atoms with Gasteiger partial charge in [0, 0.05) is 13.1 Å². The number of benzene rings is 1. The number of piperidine rings is 1. The summed E-state index contributed by atoms with van der Waals surface area (Å²) in [6, 6.07) is 6.43. The van der Waals surface area contributed by atoms with Gasteiger partial charge in [-0.2, -0.15) is 0 Å². The summed E-state index contributed by atoms with van der Waals surface area (Å²) in [5, 5.41) is 0. The lowest BCUT2D eigenvalue weighted by atomic mass is 9.96. The molecule has 1 aliphatic heterocycles. The van der Waals surface area contributed by atoms with E-state index in [0.29, 0.717) is 6.61 Å². The van der Waals surface area contributed by atoms with Crippen molar-refractivity contribution in [2.24, 2.45) is 5.92 Å². The van der Waals surface area contributed by atoms with Crippen LogP contribution >= 0.6 is 0 Å². The molecule has 1 aliphatic rings. The van der Waals surface area contributed by atoms with Crippen LogP contribution in [-0.4, -0.2) is 30.6 Å². The SMILES string of the molecule is CCOC(=O)[C@H]1CCCN(Cc2c(C)cccc2C)C1. The van der Waals surface area contributed by atoms with Gasteiger partial charge >= 0.3 is 5.97 Å². The molecule has 1 atom stereocenters. The van der Waals surface area contributed by atoms with Gasteiger partial charge < -0.3 is 4.74 Å². The van der Waals surface area contributed by atoms with Crippen molar-refractivity contribution in [3.05, 3.63) is 34.9 Å². The van der Waals surface area contributed by atoms with Crippen LogP contribution in [0.5, 0.6) is 0 Å². The molecule has 110 valence electrons.